The highest BCUT2D eigenvalue weighted by atomic mass is 35.5. The summed E-state index contributed by atoms with van der Waals surface area (Å²) in [6.45, 7) is 0. The zero-order chi connectivity index (χ0) is 13.8. The molecule has 0 spiro atoms. The van der Waals surface area contributed by atoms with Crippen LogP contribution in [0.25, 0.3) is 0 Å². The van der Waals surface area contributed by atoms with Crippen molar-refractivity contribution in [1.29, 1.82) is 0 Å². The first-order chi connectivity index (χ1) is 9.08. The van der Waals surface area contributed by atoms with Crippen LogP contribution in [0.3, 0.4) is 0 Å². The van der Waals surface area contributed by atoms with E-state index < -0.39 is 0 Å². The number of aromatic nitrogens is 1. The molecule has 4 nitrogen and oxygen atoms in total. The summed E-state index contributed by atoms with van der Waals surface area (Å²) in [5.41, 5.74) is 0.482. The van der Waals surface area contributed by atoms with Crippen LogP contribution in [0.4, 0.5) is 5.13 Å². The Morgan fingerprint density at radius 3 is 2.84 bits per heavy atom. The van der Waals surface area contributed by atoms with E-state index in [1.54, 1.807) is 35.5 Å². The van der Waals surface area contributed by atoms with Gasteiger partial charge in [-0.05, 0) is 12.1 Å². The van der Waals surface area contributed by atoms with Gasteiger partial charge in [-0.3, -0.25) is 4.79 Å². The molecule has 0 atom stereocenters. The van der Waals surface area contributed by atoms with Crippen molar-refractivity contribution >= 4 is 40.2 Å². The van der Waals surface area contributed by atoms with Crippen molar-refractivity contribution in [3.05, 3.63) is 45.9 Å². The van der Waals surface area contributed by atoms with Crippen molar-refractivity contribution in [2.45, 2.75) is 0 Å². The number of aliphatic imine (C=N–C) groups is 1. The highest BCUT2D eigenvalue weighted by molar-refractivity contribution is 7.17. The second kappa shape index (κ2) is 5.95. The number of nitrogens with zero attached hydrogens (tertiary/aromatic N) is 3. The fourth-order valence-corrected chi connectivity index (χ4v) is 2.30. The van der Waals surface area contributed by atoms with Gasteiger partial charge in [0.05, 0.1) is 22.4 Å². The van der Waals surface area contributed by atoms with Crippen LogP contribution in [0.1, 0.15) is 15.2 Å². The van der Waals surface area contributed by atoms with Crippen molar-refractivity contribution in [3.8, 4) is 0 Å². The molecule has 1 aromatic carbocycles. The van der Waals surface area contributed by atoms with Crippen molar-refractivity contribution < 1.29 is 4.79 Å². The zero-order valence-electron chi connectivity index (χ0n) is 10.5. The molecule has 1 aromatic heterocycles. The maximum absolute atomic E-state index is 12.2. The highest BCUT2D eigenvalue weighted by Gasteiger charge is 2.15. The number of carbonyl (C=O) groups is 1. The van der Waals surface area contributed by atoms with E-state index in [-0.39, 0.29) is 5.78 Å². The second-order valence-corrected chi connectivity index (χ2v) is 5.44. The van der Waals surface area contributed by atoms with E-state index in [1.165, 1.54) is 17.5 Å². The van der Waals surface area contributed by atoms with Gasteiger partial charge in [0.2, 0.25) is 10.9 Å². The summed E-state index contributed by atoms with van der Waals surface area (Å²) >= 11 is 7.25. The Morgan fingerprint density at radius 2 is 2.16 bits per heavy atom. The summed E-state index contributed by atoms with van der Waals surface area (Å²) in [5.74, 6) is -0.130. The smallest absolute Gasteiger partial charge is 0.211 e. The Bertz CT molecular complexity index is 622. The Balaban J connectivity index is 2.24. The van der Waals surface area contributed by atoms with Gasteiger partial charge in [-0.25, -0.2) is 9.98 Å². The van der Waals surface area contributed by atoms with Gasteiger partial charge in [0.15, 0.2) is 0 Å². The fourth-order valence-electron chi connectivity index (χ4n) is 1.37. The van der Waals surface area contributed by atoms with Gasteiger partial charge in [0.25, 0.3) is 0 Å². The minimum Gasteiger partial charge on any atom is -0.369 e. The predicted octanol–water partition coefficient (Wildman–Crippen LogP) is 3.25. The normalized spacial score (nSPS) is 10.9. The topological polar surface area (TPSA) is 45.6 Å². The molecule has 0 aliphatic heterocycles. The minimum atomic E-state index is -0.130. The molecule has 98 valence electrons. The molecule has 0 amide bonds. The number of ketones is 1. The lowest BCUT2D eigenvalue weighted by Crippen LogP contribution is -2.06. The molecular weight excluding hydrogens is 282 g/mol. The monoisotopic (exact) mass is 293 g/mol. The van der Waals surface area contributed by atoms with Crippen LogP contribution in [0, 0.1) is 0 Å². The van der Waals surface area contributed by atoms with Crippen molar-refractivity contribution in [2.24, 2.45) is 4.99 Å². The molecule has 2 rings (SSSR count). The van der Waals surface area contributed by atoms with Gasteiger partial charge in [0.1, 0.15) is 0 Å². The SMILES string of the molecule is CN(C)C=Nc1ncc(C(=O)c2ccccc2Cl)s1. The van der Waals surface area contributed by atoms with Gasteiger partial charge in [-0.1, -0.05) is 35.1 Å². The third-order valence-corrected chi connectivity index (χ3v) is 3.47. The lowest BCUT2D eigenvalue weighted by molar-refractivity contribution is 0.104. The molecular formula is C13H12ClN3OS. The minimum absolute atomic E-state index is 0.130. The van der Waals surface area contributed by atoms with Crippen molar-refractivity contribution in [2.75, 3.05) is 14.1 Å². The molecule has 0 bridgehead atoms. The molecule has 0 aliphatic rings. The van der Waals surface area contributed by atoms with Crippen LogP contribution in [0.5, 0.6) is 0 Å². The number of rotatable bonds is 4. The Morgan fingerprint density at radius 1 is 1.42 bits per heavy atom. The standard InChI is InChI=1S/C13H12ClN3OS/c1-17(2)8-16-13-15-7-11(19-13)12(18)9-5-3-4-6-10(9)14/h3-8H,1-2H3. The van der Waals surface area contributed by atoms with Crippen LogP contribution >= 0.6 is 22.9 Å². The quantitative estimate of drug-likeness (QED) is 0.494. The molecule has 6 heteroatoms. The fraction of sp³-hybridized carbons (Fsp3) is 0.154. The average Bonchev–Trinajstić information content (AvgIpc) is 2.85. The summed E-state index contributed by atoms with van der Waals surface area (Å²) in [5, 5.41) is 0.989. The van der Waals surface area contributed by atoms with E-state index >= 15 is 0 Å². The van der Waals surface area contributed by atoms with Crippen molar-refractivity contribution in [3.63, 3.8) is 0 Å². The van der Waals surface area contributed by atoms with Crippen LogP contribution < -0.4 is 0 Å². The number of thiazole rings is 1. The van der Waals surface area contributed by atoms with E-state index in [2.05, 4.69) is 9.98 Å². The van der Waals surface area contributed by atoms with E-state index in [0.717, 1.165) is 0 Å². The van der Waals surface area contributed by atoms with E-state index in [1.807, 2.05) is 14.1 Å². The third kappa shape index (κ3) is 3.39. The summed E-state index contributed by atoms with van der Waals surface area (Å²) in [6.07, 6.45) is 3.17. The van der Waals surface area contributed by atoms with Gasteiger partial charge in [0, 0.05) is 19.7 Å². The Kier molecular flexibility index (Phi) is 4.29. The summed E-state index contributed by atoms with van der Waals surface area (Å²) in [6, 6.07) is 6.97. The second-order valence-electron chi connectivity index (χ2n) is 4.02. The molecule has 1 heterocycles. The molecule has 2 aromatic rings. The van der Waals surface area contributed by atoms with Crippen molar-refractivity contribution in [1.82, 2.24) is 9.88 Å². The maximum Gasteiger partial charge on any atom is 0.211 e. The van der Waals surface area contributed by atoms with Gasteiger partial charge in [-0.2, -0.15) is 0 Å². The number of carbonyl (C=O) groups excluding carboxylic acids is 1. The molecule has 0 N–H and O–H groups in total. The number of hydrogen-bond acceptors (Lipinski definition) is 4. The lowest BCUT2D eigenvalue weighted by atomic mass is 10.1. The first-order valence-corrected chi connectivity index (χ1v) is 6.73. The molecule has 0 radical (unpaired) electrons. The van der Waals surface area contributed by atoms with Gasteiger partial charge in [-0.15, -0.1) is 0 Å². The number of halogens is 1. The molecule has 19 heavy (non-hydrogen) atoms. The molecule has 0 aliphatic carbocycles. The number of hydrogen-bond donors (Lipinski definition) is 0. The van der Waals surface area contributed by atoms with Crippen LogP contribution in [-0.2, 0) is 0 Å². The van der Waals surface area contributed by atoms with Crippen LogP contribution in [0.2, 0.25) is 5.02 Å². The largest absolute Gasteiger partial charge is 0.369 e. The Hall–Kier alpha value is -1.72. The average molecular weight is 294 g/mol. The van der Waals surface area contributed by atoms with E-state index in [4.69, 9.17) is 11.6 Å². The summed E-state index contributed by atoms with van der Waals surface area (Å²) < 4.78 is 0. The highest BCUT2D eigenvalue weighted by Crippen LogP contribution is 2.26. The predicted molar refractivity (Wildman–Crippen MR) is 78.8 cm³/mol. The van der Waals surface area contributed by atoms with Gasteiger partial charge < -0.3 is 4.90 Å². The lowest BCUT2D eigenvalue weighted by Gasteiger charge is -2.00. The molecule has 0 unspecified atom stereocenters. The summed E-state index contributed by atoms with van der Waals surface area (Å²) in [7, 11) is 3.74. The molecule has 0 fully saturated rings. The van der Waals surface area contributed by atoms with E-state index in [9.17, 15) is 4.79 Å². The van der Waals surface area contributed by atoms with E-state index in [0.29, 0.717) is 20.6 Å². The van der Waals surface area contributed by atoms with Crippen LogP contribution in [-0.4, -0.2) is 36.1 Å². The van der Waals surface area contributed by atoms with Gasteiger partial charge >= 0.3 is 0 Å². The zero-order valence-corrected chi connectivity index (χ0v) is 12.1. The first-order valence-electron chi connectivity index (χ1n) is 5.53. The molecule has 0 saturated heterocycles. The maximum atomic E-state index is 12.2. The third-order valence-electron chi connectivity index (χ3n) is 2.23. The van der Waals surface area contributed by atoms with Crippen LogP contribution in [0.15, 0.2) is 35.5 Å². The first kappa shape index (κ1) is 13.7. The number of benzene rings is 1. The molecule has 0 saturated carbocycles. The Labute approximate surface area is 120 Å². The summed E-state index contributed by atoms with van der Waals surface area (Å²) in [4.78, 5) is 22.8.